The summed E-state index contributed by atoms with van der Waals surface area (Å²) in [6, 6.07) is 5.75. The van der Waals surface area contributed by atoms with Gasteiger partial charge >= 0.3 is 0 Å². The maximum Gasteiger partial charge on any atom is 0.268 e. The fourth-order valence-corrected chi connectivity index (χ4v) is 3.70. The van der Waals surface area contributed by atoms with Crippen molar-refractivity contribution in [2.24, 2.45) is 5.92 Å². The number of rotatable bonds is 6. The molecule has 2 aromatic rings. The Kier molecular flexibility index (Phi) is 5.25. The van der Waals surface area contributed by atoms with Crippen molar-refractivity contribution in [3.05, 3.63) is 46.4 Å². The van der Waals surface area contributed by atoms with Crippen LogP contribution in [0.1, 0.15) is 21.7 Å². The molecule has 6 heteroatoms. The van der Waals surface area contributed by atoms with Crippen LogP contribution >= 0.6 is 11.3 Å². The molecule has 23 heavy (non-hydrogen) atoms. The Labute approximate surface area is 140 Å². The lowest BCUT2D eigenvalue weighted by Gasteiger charge is -2.25. The van der Waals surface area contributed by atoms with Crippen molar-refractivity contribution in [3.63, 3.8) is 0 Å². The zero-order valence-electron chi connectivity index (χ0n) is 13.2. The first-order valence-corrected chi connectivity index (χ1v) is 8.66. The molecule has 1 atom stereocenters. The summed E-state index contributed by atoms with van der Waals surface area (Å²) in [6.07, 6.45) is 4.68. The van der Waals surface area contributed by atoms with Gasteiger partial charge in [-0.05, 0) is 48.5 Å². The molecule has 3 heterocycles. The molecule has 1 aliphatic heterocycles. The number of methoxy groups -OCH3 is 1. The van der Waals surface area contributed by atoms with Gasteiger partial charge in [-0.25, -0.2) is 0 Å². The largest absolute Gasteiger partial charge is 0.495 e. The van der Waals surface area contributed by atoms with Gasteiger partial charge in [0.25, 0.3) is 5.91 Å². The van der Waals surface area contributed by atoms with Gasteiger partial charge in [-0.2, -0.15) is 0 Å². The molecule has 0 aromatic carbocycles. The number of nitrogens with zero attached hydrogens (tertiary/aromatic N) is 2. The fourth-order valence-electron chi connectivity index (χ4n) is 2.87. The first kappa shape index (κ1) is 16.0. The molecule has 0 spiro atoms. The van der Waals surface area contributed by atoms with E-state index < -0.39 is 0 Å². The van der Waals surface area contributed by atoms with E-state index in [1.54, 1.807) is 13.3 Å². The highest BCUT2D eigenvalue weighted by molar-refractivity contribution is 7.12. The highest BCUT2D eigenvalue weighted by Crippen LogP contribution is 2.27. The van der Waals surface area contributed by atoms with Crippen molar-refractivity contribution in [1.29, 1.82) is 0 Å². The van der Waals surface area contributed by atoms with Crippen molar-refractivity contribution >= 4 is 17.2 Å². The Morgan fingerprint density at radius 2 is 2.43 bits per heavy atom. The third-order valence-electron chi connectivity index (χ3n) is 4.07. The average molecular weight is 331 g/mol. The summed E-state index contributed by atoms with van der Waals surface area (Å²) in [5.74, 6) is 1.19. The summed E-state index contributed by atoms with van der Waals surface area (Å²) in [7, 11) is 1.60. The molecule has 0 bridgehead atoms. The predicted molar refractivity (Wildman–Crippen MR) is 90.8 cm³/mol. The lowest BCUT2D eigenvalue weighted by molar-refractivity contribution is 0.0720. The summed E-state index contributed by atoms with van der Waals surface area (Å²) in [4.78, 5) is 19.7. The predicted octanol–water partition coefficient (Wildman–Crippen LogP) is 2.40. The van der Waals surface area contributed by atoms with Gasteiger partial charge in [-0.1, -0.05) is 6.07 Å². The van der Waals surface area contributed by atoms with Crippen molar-refractivity contribution in [3.8, 4) is 5.75 Å². The second kappa shape index (κ2) is 7.57. The maximum atomic E-state index is 13.0. The summed E-state index contributed by atoms with van der Waals surface area (Å²) in [6.45, 7) is 3.33. The molecule has 2 aromatic heterocycles. The first-order valence-electron chi connectivity index (χ1n) is 7.78. The van der Waals surface area contributed by atoms with Crippen molar-refractivity contribution in [1.82, 2.24) is 15.2 Å². The number of aromatic nitrogens is 1. The van der Waals surface area contributed by atoms with Gasteiger partial charge < -0.3 is 15.0 Å². The molecule has 1 N–H and O–H groups in total. The molecule has 1 saturated heterocycles. The van der Waals surface area contributed by atoms with E-state index in [9.17, 15) is 4.79 Å². The van der Waals surface area contributed by atoms with Gasteiger partial charge in [-0.3, -0.25) is 9.78 Å². The molecule has 0 radical (unpaired) electrons. The zero-order chi connectivity index (χ0) is 16.1. The SMILES string of the molecule is COc1ccsc1C(=O)N(Cc1cccnc1)C[C@@H]1CCNC1. The normalized spacial score (nSPS) is 17.2. The van der Waals surface area contributed by atoms with E-state index in [4.69, 9.17) is 4.74 Å². The second-order valence-electron chi connectivity index (χ2n) is 5.72. The quantitative estimate of drug-likeness (QED) is 0.883. The van der Waals surface area contributed by atoms with Crippen molar-refractivity contribution in [2.75, 3.05) is 26.7 Å². The fraction of sp³-hybridized carbons (Fsp3) is 0.412. The van der Waals surface area contributed by atoms with Gasteiger partial charge in [0.2, 0.25) is 0 Å². The molecular formula is C17H21N3O2S. The van der Waals surface area contributed by atoms with Crippen LogP contribution in [0, 0.1) is 5.92 Å². The Balaban J connectivity index is 1.80. The Morgan fingerprint density at radius 1 is 1.52 bits per heavy atom. The third kappa shape index (κ3) is 3.89. The summed E-state index contributed by atoms with van der Waals surface area (Å²) in [5.41, 5.74) is 1.04. The van der Waals surface area contributed by atoms with Crippen LogP contribution in [0.15, 0.2) is 36.0 Å². The monoisotopic (exact) mass is 331 g/mol. The third-order valence-corrected chi connectivity index (χ3v) is 4.95. The molecule has 0 unspecified atom stereocenters. The smallest absolute Gasteiger partial charge is 0.268 e. The summed E-state index contributed by atoms with van der Waals surface area (Å²) >= 11 is 1.43. The zero-order valence-corrected chi connectivity index (χ0v) is 14.0. The molecule has 1 amide bonds. The number of ether oxygens (including phenoxy) is 1. The topological polar surface area (TPSA) is 54.5 Å². The molecule has 122 valence electrons. The van der Waals surface area contributed by atoms with Crippen LogP contribution in [0.25, 0.3) is 0 Å². The number of amides is 1. The van der Waals surface area contributed by atoms with Crippen LogP contribution < -0.4 is 10.1 Å². The van der Waals surface area contributed by atoms with Crippen LogP contribution in [0.3, 0.4) is 0 Å². The van der Waals surface area contributed by atoms with E-state index in [0.717, 1.165) is 31.6 Å². The van der Waals surface area contributed by atoms with E-state index in [1.807, 2.05) is 34.7 Å². The van der Waals surface area contributed by atoms with Crippen LogP contribution in [-0.4, -0.2) is 42.5 Å². The van der Waals surface area contributed by atoms with Crippen LogP contribution in [0.4, 0.5) is 0 Å². The average Bonchev–Trinajstić information content (AvgIpc) is 3.25. The molecule has 1 aliphatic rings. The minimum atomic E-state index is 0.0348. The maximum absolute atomic E-state index is 13.0. The number of carbonyl (C=O) groups excluding carboxylic acids is 1. The standard InChI is InChI=1S/C17H21N3O2S/c1-22-15-5-8-23-16(15)17(21)20(12-14-4-7-19-10-14)11-13-3-2-6-18-9-13/h2-3,5-6,8-9,14,19H,4,7,10-12H2,1H3/t14-/m1/s1. The number of thiophene rings is 1. The Morgan fingerprint density at radius 3 is 3.13 bits per heavy atom. The first-order chi connectivity index (χ1) is 11.3. The lowest BCUT2D eigenvalue weighted by Crippen LogP contribution is -2.35. The van der Waals surface area contributed by atoms with Gasteiger partial charge in [-0.15, -0.1) is 11.3 Å². The summed E-state index contributed by atoms with van der Waals surface area (Å²) < 4.78 is 5.32. The molecule has 0 aliphatic carbocycles. The van der Waals surface area contributed by atoms with Crippen molar-refractivity contribution in [2.45, 2.75) is 13.0 Å². The van der Waals surface area contributed by atoms with E-state index in [-0.39, 0.29) is 5.91 Å². The number of carbonyl (C=O) groups is 1. The minimum absolute atomic E-state index is 0.0348. The van der Waals surface area contributed by atoms with Crippen LogP contribution in [0.2, 0.25) is 0 Å². The number of nitrogens with one attached hydrogen (secondary N) is 1. The molecular weight excluding hydrogens is 310 g/mol. The summed E-state index contributed by atoms with van der Waals surface area (Å²) in [5, 5.41) is 5.26. The van der Waals surface area contributed by atoms with Gasteiger partial charge in [0.15, 0.2) is 0 Å². The van der Waals surface area contributed by atoms with E-state index in [0.29, 0.717) is 23.1 Å². The number of hydrogen-bond donors (Lipinski definition) is 1. The highest BCUT2D eigenvalue weighted by atomic mass is 32.1. The van der Waals surface area contributed by atoms with Gasteiger partial charge in [0, 0.05) is 25.5 Å². The Hall–Kier alpha value is -1.92. The molecule has 5 nitrogen and oxygen atoms in total. The minimum Gasteiger partial charge on any atom is -0.495 e. The van der Waals surface area contributed by atoms with E-state index in [1.165, 1.54) is 11.3 Å². The van der Waals surface area contributed by atoms with Crippen LogP contribution in [0.5, 0.6) is 5.75 Å². The lowest BCUT2D eigenvalue weighted by atomic mass is 10.1. The van der Waals surface area contributed by atoms with Crippen molar-refractivity contribution < 1.29 is 9.53 Å². The molecule has 3 rings (SSSR count). The number of hydrogen-bond acceptors (Lipinski definition) is 5. The van der Waals surface area contributed by atoms with E-state index in [2.05, 4.69) is 10.3 Å². The molecule has 0 saturated carbocycles. The molecule has 1 fully saturated rings. The van der Waals surface area contributed by atoms with Gasteiger partial charge in [0.05, 0.1) is 7.11 Å². The Bertz CT molecular complexity index is 638. The van der Waals surface area contributed by atoms with E-state index >= 15 is 0 Å². The second-order valence-corrected chi connectivity index (χ2v) is 6.64. The number of pyridine rings is 1. The van der Waals surface area contributed by atoms with Crippen LogP contribution in [-0.2, 0) is 6.54 Å². The van der Waals surface area contributed by atoms with Gasteiger partial charge in [0.1, 0.15) is 10.6 Å². The highest BCUT2D eigenvalue weighted by Gasteiger charge is 2.25.